The van der Waals surface area contributed by atoms with Crippen molar-refractivity contribution in [2.24, 2.45) is 0 Å². The Morgan fingerprint density at radius 1 is 1.38 bits per heavy atom. The zero-order chi connectivity index (χ0) is 17.3. The average molecular weight is 330 g/mol. The number of amides is 1. The van der Waals surface area contributed by atoms with Crippen molar-refractivity contribution >= 4 is 5.91 Å². The van der Waals surface area contributed by atoms with E-state index in [0.29, 0.717) is 30.4 Å². The van der Waals surface area contributed by atoms with Crippen LogP contribution < -0.4 is 0 Å². The van der Waals surface area contributed by atoms with Crippen LogP contribution in [0.3, 0.4) is 0 Å². The maximum Gasteiger partial charge on any atom is 0.273 e. The smallest absolute Gasteiger partial charge is 0.273 e. The number of ether oxygens (including phenoxy) is 1. The van der Waals surface area contributed by atoms with Crippen LogP contribution in [0, 0.1) is 6.92 Å². The largest absolute Gasteiger partial charge is 0.380 e. The van der Waals surface area contributed by atoms with Crippen molar-refractivity contribution in [3.8, 4) is 0 Å². The summed E-state index contributed by atoms with van der Waals surface area (Å²) >= 11 is 0. The lowest BCUT2D eigenvalue weighted by Gasteiger charge is -2.21. The van der Waals surface area contributed by atoms with Crippen molar-refractivity contribution in [1.29, 1.82) is 0 Å². The molecule has 7 heteroatoms. The first-order valence-electron chi connectivity index (χ1n) is 8.10. The second-order valence-electron chi connectivity index (χ2n) is 6.35. The van der Waals surface area contributed by atoms with Gasteiger partial charge in [0.15, 0.2) is 5.82 Å². The summed E-state index contributed by atoms with van der Waals surface area (Å²) in [6, 6.07) is 5.26. The lowest BCUT2D eigenvalue weighted by Crippen LogP contribution is -2.33. The highest BCUT2D eigenvalue weighted by molar-refractivity contribution is 5.92. The van der Waals surface area contributed by atoms with Gasteiger partial charge in [0.1, 0.15) is 11.7 Å². The molecule has 2 aromatic rings. The third-order valence-corrected chi connectivity index (χ3v) is 4.27. The molecule has 1 saturated heterocycles. The summed E-state index contributed by atoms with van der Waals surface area (Å²) < 4.78 is 10.7. The van der Waals surface area contributed by atoms with Crippen LogP contribution in [0.2, 0.25) is 0 Å². The molecule has 0 spiro atoms. The molecule has 0 aliphatic carbocycles. The Balaban J connectivity index is 1.90. The van der Waals surface area contributed by atoms with Gasteiger partial charge in [-0.3, -0.25) is 4.79 Å². The number of likely N-dealkylation sites (tertiary alicyclic amines) is 1. The zero-order valence-electron chi connectivity index (χ0n) is 14.4. The van der Waals surface area contributed by atoms with Crippen LogP contribution >= 0.6 is 0 Å². The molecule has 1 aliphatic rings. The van der Waals surface area contributed by atoms with Gasteiger partial charge < -0.3 is 14.2 Å². The quantitative estimate of drug-likeness (QED) is 0.857. The topological polar surface area (TPSA) is 81.4 Å². The van der Waals surface area contributed by atoms with Gasteiger partial charge in [0, 0.05) is 25.8 Å². The van der Waals surface area contributed by atoms with Gasteiger partial charge in [-0.25, -0.2) is 4.98 Å². The molecule has 3 heterocycles. The van der Waals surface area contributed by atoms with Crippen LogP contribution in [0.1, 0.15) is 60.1 Å². The number of nitrogens with zero attached hydrogens (tertiary/aromatic N) is 4. The molecule has 0 unspecified atom stereocenters. The lowest BCUT2D eigenvalue weighted by atomic mass is 10.1. The Labute approximate surface area is 141 Å². The Kier molecular flexibility index (Phi) is 4.62. The molecule has 0 radical (unpaired) electrons. The Morgan fingerprint density at radius 2 is 2.17 bits per heavy atom. The van der Waals surface area contributed by atoms with E-state index in [1.54, 1.807) is 25.0 Å². The summed E-state index contributed by atoms with van der Waals surface area (Å²) in [5.74, 6) is 1.12. The van der Waals surface area contributed by atoms with E-state index in [1.807, 2.05) is 12.1 Å². The Bertz CT molecular complexity index is 728. The van der Waals surface area contributed by atoms with Crippen molar-refractivity contribution in [3.63, 3.8) is 0 Å². The minimum atomic E-state index is -0.284. The summed E-state index contributed by atoms with van der Waals surface area (Å²) in [5, 5.41) is 3.84. The van der Waals surface area contributed by atoms with E-state index in [0.717, 1.165) is 5.69 Å². The van der Waals surface area contributed by atoms with Crippen LogP contribution in [-0.4, -0.2) is 45.7 Å². The SMILES string of the molecule is CO[C@H]1C[C@H](c2nc(C)no2)N(C(=O)c2cccc(C(C)C)n2)C1. The van der Waals surface area contributed by atoms with Crippen molar-refractivity contribution < 1.29 is 14.1 Å². The molecule has 2 aromatic heterocycles. The normalized spacial score (nSPS) is 20.8. The fourth-order valence-electron chi connectivity index (χ4n) is 2.91. The van der Waals surface area contributed by atoms with Crippen LogP contribution in [0.25, 0.3) is 0 Å². The average Bonchev–Trinajstić information content (AvgIpc) is 3.20. The van der Waals surface area contributed by atoms with Gasteiger partial charge in [-0.15, -0.1) is 0 Å². The highest BCUT2D eigenvalue weighted by atomic mass is 16.5. The highest BCUT2D eigenvalue weighted by Gasteiger charge is 2.40. The van der Waals surface area contributed by atoms with Crippen molar-refractivity contribution in [2.45, 2.75) is 45.3 Å². The second kappa shape index (κ2) is 6.68. The molecule has 128 valence electrons. The third kappa shape index (κ3) is 3.17. The fraction of sp³-hybridized carbons (Fsp3) is 0.529. The number of carbonyl (C=O) groups excluding carboxylic acids is 1. The van der Waals surface area contributed by atoms with Gasteiger partial charge in [-0.2, -0.15) is 4.98 Å². The van der Waals surface area contributed by atoms with E-state index >= 15 is 0 Å². The number of aromatic nitrogens is 3. The van der Waals surface area contributed by atoms with Crippen LogP contribution in [0.4, 0.5) is 0 Å². The molecule has 2 atom stereocenters. The van der Waals surface area contributed by atoms with Gasteiger partial charge in [0.05, 0.1) is 6.10 Å². The maximum atomic E-state index is 13.0. The summed E-state index contributed by atoms with van der Waals surface area (Å²) in [6.45, 7) is 6.35. The second-order valence-corrected chi connectivity index (χ2v) is 6.35. The van der Waals surface area contributed by atoms with E-state index in [9.17, 15) is 4.79 Å². The minimum absolute atomic E-state index is 0.0561. The van der Waals surface area contributed by atoms with Crippen LogP contribution in [0.15, 0.2) is 22.7 Å². The molecular formula is C17H22N4O3. The van der Waals surface area contributed by atoms with Gasteiger partial charge >= 0.3 is 0 Å². The first-order chi connectivity index (χ1) is 11.5. The lowest BCUT2D eigenvalue weighted by molar-refractivity contribution is 0.0665. The molecule has 0 saturated carbocycles. The molecule has 0 N–H and O–H groups in total. The number of carbonyl (C=O) groups is 1. The monoisotopic (exact) mass is 330 g/mol. The van der Waals surface area contributed by atoms with Gasteiger partial charge in [-0.05, 0) is 25.0 Å². The fourth-order valence-corrected chi connectivity index (χ4v) is 2.91. The summed E-state index contributed by atoms with van der Waals surface area (Å²) in [6.07, 6.45) is 0.577. The number of pyridine rings is 1. The molecule has 0 aromatic carbocycles. The van der Waals surface area contributed by atoms with Crippen LogP contribution in [-0.2, 0) is 4.74 Å². The van der Waals surface area contributed by atoms with E-state index < -0.39 is 0 Å². The highest BCUT2D eigenvalue weighted by Crippen LogP contribution is 2.33. The number of rotatable bonds is 4. The standard InChI is InChI=1S/C17H22N4O3/c1-10(2)13-6-5-7-14(19-13)17(22)21-9-12(23-4)8-15(21)16-18-11(3)20-24-16/h5-7,10,12,15H,8-9H2,1-4H3/t12-,15+/m0/s1. The van der Waals surface area contributed by atoms with E-state index in [1.165, 1.54) is 0 Å². The van der Waals surface area contributed by atoms with Crippen molar-refractivity contribution in [3.05, 3.63) is 41.3 Å². The molecule has 1 aliphatic heterocycles. The number of aryl methyl sites for hydroxylation is 1. The van der Waals surface area contributed by atoms with Crippen LogP contribution in [0.5, 0.6) is 0 Å². The molecule has 1 amide bonds. The summed E-state index contributed by atoms with van der Waals surface area (Å²) in [5.41, 5.74) is 1.33. The van der Waals surface area contributed by atoms with Gasteiger partial charge in [0.25, 0.3) is 5.91 Å². The number of hydrogen-bond donors (Lipinski definition) is 0. The number of methoxy groups -OCH3 is 1. The Morgan fingerprint density at radius 3 is 2.79 bits per heavy atom. The summed E-state index contributed by atoms with van der Waals surface area (Å²) in [7, 11) is 1.65. The van der Waals surface area contributed by atoms with Crippen molar-refractivity contribution in [2.75, 3.05) is 13.7 Å². The first kappa shape index (κ1) is 16.6. The number of hydrogen-bond acceptors (Lipinski definition) is 6. The molecular weight excluding hydrogens is 308 g/mol. The molecule has 1 fully saturated rings. The molecule has 24 heavy (non-hydrogen) atoms. The third-order valence-electron chi connectivity index (χ3n) is 4.27. The van der Waals surface area contributed by atoms with Gasteiger partial charge in [-0.1, -0.05) is 25.1 Å². The maximum absolute atomic E-state index is 13.0. The van der Waals surface area contributed by atoms with E-state index in [2.05, 4.69) is 29.0 Å². The molecule has 0 bridgehead atoms. The van der Waals surface area contributed by atoms with Gasteiger partial charge in [0.2, 0.25) is 5.89 Å². The summed E-state index contributed by atoms with van der Waals surface area (Å²) in [4.78, 5) is 23.5. The minimum Gasteiger partial charge on any atom is -0.380 e. The predicted molar refractivity (Wildman–Crippen MR) is 86.6 cm³/mol. The zero-order valence-corrected chi connectivity index (χ0v) is 14.4. The first-order valence-corrected chi connectivity index (χ1v) is 8.10. The van der Waals surface area contributed by atoms with E-state index in [4.69, 9.17) is 9.26 Å². The molecule has 7 nitrogen and oxygen atoms in total. The predicted octanol–water partition coefficient (Wildman–Crippen LogP) is 2.50. The van der Waals surface area contributed by atoms with E-state index in [-0.39, 0.29) is 24.0 Å². The molecule has 3 rings (SSSR count). The van der Waals surface area contributed by atoms with Crippen molar-refractivity contribution in [1.82, 2.24) is 20.0 Å². The Hall–Kier alpha value is -2.28.